The summed E-state index contributed by atoms with van der Waals surface area (Å²) in [5.41, 5.74) is 3.53. The van der Waals surface area contributed by atoms with Gasteiger partial charge in [-0.15, -0.1) is 10.2 Å². The summed E-state index contributed by atoms with van der Waals surface area (Å²) in [7, 11) is 0. The van der Waals surface area contributed by atoms with Crippen molar-refractivity contribution < 1.29 is 13.2 Å². The standard InChI is InChI=1S/C28H27ClF3N7/c1-16-17(11-33)2-5-24(34-16)38-14-27(15-38)9-19(10-27)26-36-35-25-13-37(22-7-20(8-22)28(30,31)32)12-18-6-21(29)3-4-23(18)39(25)26/h2-6,19-20,22H,7-10,12-15H2,1H3. The first kappa shape index (κ1) is 24.9. The summed E-state index contributed by atoms with van der Waals surface area (Å²) in [6.45, 7) is 4.70. The lowest BCUT2D eigenvalue weighted by Gasteiger charge is -2.59. The number of halogens is 4. The summed E-state index contributed by atoms with van der Waals surface area (Å²) in [6, 6.07) is 11.5. The molecule has 0 atom stereocenters. The number of alkyl halides is 3. The van der Waals surface area contributed by atoms with Crippen LogP contribution < -0.4 is 4.90 Å². The van der Waals surface area contributed by atoms with E-state index < -0.39 is 12.1 Å². The molecule has 0 radical (unpaired) electrons. The van der Waals surface area contributed by atoms with E-state index in [9.17, 15) is 18.4 Å². The van der Waals surface area contributed by atoms with Crippen LogP contribution >= 0.6 is 11.6 Å². The first-order valence-corrected chi connectivity index (χ1v) is 13.7. The second-order valence-electron chi connectivity index (χ2n) is 11.7. The van der Waals surface area contributed by atoms with E-state index in [0.717, 1.165) is 60.3 Å². The number of anilines is 1. The Morgan fingerprint density at radius 3 is 2.54 bits per heavy atom. The van der Waals surface area contributed by atoms with Crippen molar-refractivity contribution in [3.8, 4) is 11.8 Å². The molecule has 1 saturated heterocycles. The normalized spacial score (nSPS) is 24.2. The average Bonchev–Trinajstić information content (AvgIpc) is 3.11. The van der Waals surface area contributed by atoms with Gasteiger partial charge < -0.3 is 4.90 Å². The molecule has 4 heterocycles. The van der Waals surface area contributed by atoms with Gasteiger partial charge in [0, 0.05) is 42.0 Å². The third kappa shape index (κ3) is 4.09. The van der Waals surface area contributed by atoms with Crippen molar-refractivity contribution in [3.05, 3.63) is 63.8 Å². The molecule has 11 heteroatoms. The Balaban J connectivity index is 1.09. The topological polar surface area (TPSA) is 73.9 Å². The van der Waals surface area contributed by atoms with Crippen LogP contribution in [-0.2, 0) is 13.1 Å². The van der Waals surface area contributed by atoms with Gasteiger partial charge in [-0.3, -0.25) is 9.47 Å². The molecule has 2 aliphatic carbocycles. The molecular weight excluding hydrogens is 527 g/mol. The van der Waals surface area contributed by atoms with E-state index in [2.05, 4.69) is 35.6 Å². The first-order valence-electron chi connectivity index (χ1n) is 13.3. The SMILES string of the molecule is Cc1nc(N2CC3(CC(c4nnc5n4-c4ccc(Cl)cc4CN(C4CC(C(F)(F)F)C4)C5)C3)C2)ccc1C#N. The number of pyridine rings is 1. The van der Waals surface area contributed by atoms with Crippen LogP contribution in [0.15, 0.2) is 30.3 Å². The van der Waals surface area contributed by atoms with Gasteiger partial charge in [0.15, 0.2) is 5.82 Å². The smallest absolute Gasteiger partial charge is 0.355 e. The van der Waals surface area contributed by atoms with Gasteiger partial charge in [-0.05, 0) is 68.5 Å². The number of hydrogen-bond donors (Lipinski definition) is 0. The quantitative estimate of drug-likeness (QED) is 0.424. The van der Waals surface area contributed by atoms with Gasteiger partial charge in [0.2, 0.25) is 0 Å². The number of aryl methyl sites for hydroxylation is 1. The Morgan fingerprint density at radius 2 is 1.85 bits per heavy atom. The molecular formula is C28H27ClF3N7. The molecule has 0 amide bonds. The Hall–Kier alpha value is -3.16. The minimum Gasteiger partial charge on any atom is -0.355 e. The monoisotopic (exact) mass is 553 g/mol. The van der Waals surface area contributed by atoms with Crippen LogP contribution in [0.1, 0.15) is 60.1 Å². The van der Waals surface area contributed by atoms with Crippen LogP contribution in [0.2, 0.25) is 5.02 Å². The summed E-state index contributed by atoms with van der Waals surface area (Å²) in [5.74, 6) is 1.64. The number of fused-ring (bicyclic) bond motifs is 3. The zero-order valence-corrected chi connectivity index (χ0v) is 22.2. The summed E-state index contributed by atoms with van der Waals surface area (Å²) >= 11 is 6.35. The van der Waals surface area contributed by atoms with Crippen LogP contribution in [0.3, 0.4) is 0 Å². The fourth-order valence-electron chi connectivity index (χ4n) is 6.92. The number of rotatable bonds is 3. The van der Waals surface area contributed by atoms with Crippen molar-refractivity contribution >= 4 is 17.4 Å². The molecule has 1 aromatic carbocycles. The molecule has 0 N–H and O–H groups in total. The molecule has 2 saturated carbocycles. The number of benzene rings is 1. The van der Waals surface area contributed by atoms with E-state index in [0.29, 0.717) is 23.7 Å². The van der Waals surface area contributed by atoms with Crippen molar-refractivity contribution in [2.75, 3.05) is 18.0 Å². The molecule has 0 bridgehead atoms. The fourth-order valence-corrected chi connectivity index (χ4v) is 7.11. The van der Waals surface area contributed by atoms with Crippen LogP contribution in [0.4, 0.5) is 19.0 Å². The van der Waals surface area contributed by atoms with Gasteiger partial charge >= 0.3 is 6.18 Å². The summed E-state index contributed by atoms with van der Waals surface area (Å²) in [5, 5.41) is 19.0. The van der Waals surface area contributed by atoms with Crippen LogP contribution in [-0.4, -0.2) is 50.0 Å². The third-order valence-corrected chi connectivity index (χ3v) is 9.38. The van der Waals surface area contributed by atoms with E-state index in [4.69, 9.17) is 11.6 Å². The van der Waals surface area contributed by atoms with Gasteiger partial charge in [0.05, 0.1) is 29.4 Å². The molecule has 7 rings (SSSR count). The maximum absolute atomic E-state index is 13.2. The van der Waals surface area contributed by atoms with Crippen molar-refractivity contribution in [3.63, 3.8) is 0 Å². The molecule has 39 heavy (non-hydrogen) atoms. The maximum Gasteiger partial charge on any atom is 0.391 e. The Labute approximate surface area is 229 Å². The Bertz CT molecular complexity index is 1490. The second kappa shape index (κ2) is 8.67. The van der Waals surface area contributed by atoms with Gasteiger partial charge in [-0.25, -0.2) is 4.98 Å². The summed E-state index contributed by atoms with van der Waals surface area (Å²) in [4.78, 5) is 8.97. The molecule has 0 unspecified atom stereocenters. The third-order valence-electron chi connectivity index (χ3n) is 9.14. The second-order valence-corrected chi connectivity index (χ2v) is 12.2. The lowest BCUT2D eigenvalue weighted by molar-refractivity contribution is -0.207. The average molecular weight is 554 g/mol. The largest absolute Gasteiger partial charge is 0.391 e. The molecule has 2 aliphatic heterocycles. The zero-order chi connectivity index (χ0) is 27.1. The van der Waals surface area contributed by atoms with Gasteiger partial charge in [-0.2, -0.15) is 18.4 Å². The minimum atomic E-state index is -4.14. The van der Waals surface area contributed by atoms with Crippen molar-refractivity contribution in [2.24, 2.45) is 11.3 Å². The van der Waals surface area contributed by atoms with E-state index in [1.165, 1.54) is 0 Å². The van der Waals surface area contributed by atoms with E-state index in [1.807, 2.05) is 37.3 Å². The number of nitrogens with zero attached hydrogens (tertiary/aromatic N) is 7. The van der Waals surface area contributed by atoms with Gasteiger partial charge in [0.25, 0.3) is 0 Å². The minimum absolute atomic E-state index is 0.121. The number of nitriles is 1. The fraction of sp³-hybridized carbons (Fsp3) is 0.500. The zero-order valence-electron chi connectivity index (χ0n) is 21.4. The number of aromatic nitrogens is 4. The highest BCUT2D eigenvalue weighted by Crippen LogP contribution is 2.57. The van der Waals surface area contributed by atoms with Gasteiger partial charge in [-0.1, -0.05) is 11.6 Å². The molecule has 2 aromatic heterocycles. The van der Waals surface area contributed by atoms with Crippen LogP contribution in [0.5, 0.6) is 0 Å². The van der Waals surface area contributed by atoms with Crippen molar-refractivity contribution in [2.45, 2.75) is 63.8 Å². The predicted molar refractivity (Wildman–Crippen MR) is 138 cm³/mol. The molecule has 7 nitrogen and oxygen atoms in total. The van der Waals surface area contributed by atoms with Crippen molar-refractivity contribution in [1.82, 2.24) is 24.6 Å². The lowest BCUT2D eigenvalue weighted by atomic mass is 9.57. The molecule has 4 aliphatic rings. The van der Waals surface area contributed by atoms with E-state index in [-0.39, 0.29) is 30.2 Å². The molecule has 202 valence electrons. The first-order chi connectivity index (χ1) is 18.6. The molecule has 3 fully saturated rings. The molecule has 3 aromatic rings. The highest BCUT2D eigenvalue weighted by molar-refractivity contribution is 6.30. The Kier molecular flexibility index (Phi) is 5.52. The van der Waals surface area contributed by atoms with Crippen LogP contribution in [0.25, 0.3) is 5.69 Å². The Morgan fingerprint density at radius 1 is 1.08 bits per heavy atom. The van der Waals surface area contributed by atoms with E-state index >= 15 is 0 Å². The number of hydrogen-bond acceptors (Lipinski definition) is 6. The predicted octanol–water partition coefficient (Wildman–Crippen LogP) is 5.54. The van der Waals surface area contributed by atoms with E-state index in [1.54, 1.807) is 0 Å². The summed E-state index contributed by atoms with van der Waals surface area (Å²) in [6.07, 6.45) is -1.90. The highest BCUT2D eigenvalue weighted by atomic mass is 35.5. The highest BCUT2D eigenvalue weighted by Gasteiger charge is 2.55. The van der Waals surface area contributed by atoms with Crippen molar-refractivity contribution in [1.29, 1.82) is 5.26 Å². The maximum atomic E-state index is 13.2. The van der Waals surface area contributed by atoms with Crippen LogP contribution in [0, 0.1) is 29.6 Å². The summed E-state index contributed by atoms with van der Waals surface area (Å²) < 4.78 is 41.7. The van der Waals surface area contributed by atoms with Gasteiger partial charge in [0.1, 0.15) is 17.7 Å². The molecule has 1 spiro atoms. The lowest BCUT2D eigenvalue weighted by Crippen LogP contribution is -2.62.